The van der Waals surface area contributed by atoms with Gasteiger partial charge in [0.1, 0.15) is 0 Å². The average molecular weight is 755 g/mol. The van der Waals surface area contributed by atoms with Crippen molar-refractivity contribution in [3.63, 3.8) is 0 Å². The molecular formula is C54H55N3. The summed E-state index contributed by atoms with van der Waals surface area (Å²) in [5.74, 6) is 0. The quantitative estimate of drug-likeness (QED) is 0.180. The first-order chi connectivity index (χ1) is 31.2. The molecule has 5 aromatic carbocycles. The molecule has 0 aliphatic heterocycles. The molecule has 0 fully saturated rings. The van der Waals surface area contributed by atoms with E-state index in [4.69, 9.17) is 12.3 Å². The normalized spacial score (nSPS) is 13.2. The average Bonchev–Trinajstić information content (AvgIpc) is 3.29. The van der Waals surface area contributed by atoms with Crippen LogP contribution in [-0.2, 0) is 0 Å². The minimum atomic E-state index is -2.10. The van der Waals surface area contributed by atoms with Crippen LogP contribution in [0.25, 0.3) is 44.9 Å². The summed E-state index contributed by atoms with van der Waals surface area (Å²) in [6.45, 7) is 5.49. The number of aromatic nitrogens is 3. The van der Waals surface area contributed by atoms with Crippen LogP contribution in [0.5, 0.6) is 0 Å². The summed E-state index contributed by atoms with van der Waals surface area (Å²) in [5, 5.41) is 0. The van der Waals surface area contributed by atoms with Gasteiger partial charge in [0, 0.05) is 47.6 Å². The third-order valence-electron chi connectivity index (χ3n) is 9.67. The Morgan fingerprint density at radius 3 is 1.35 bits per heavy atom. The Morgan fingerprint density at radius 1 is 0.333 bits per heavy atom. The number of hydrogen-bond donors (Lipinski definition) is 0. The van der Waals surface area contributed by atoms with Gasteiger partial charge in [-0.15, -0.1) is 0 Å². The van der Waals surface area contributed by atoms with Gasteiger partial charge in [0.25, 0.3) is 0 Å². The van der Waals surface area contributed by atoms with Crippen LogP contribution in [0.1, 0.15) is 62.4 Å². The molecule has 3 aromatic heterocycles. The minimum absolute atomic E-state index is 0.287. The van der Waals surface area contributed by atoms with Crippen molar-refractivity contribution in [2.24, 2.45) is 0 Å². The van der Waals surface area contributed by atoms with Crippen LogP contribution in [0.2, 0.25) is 0 Å². The summed E-state index contributed by atoms with van der Waals surface area (Å²) < 4.78 is 66.7. The Bertz CT molecular complexity index is 2810. The van der Waals surface area contributed by atoms with E-state index in [0.717, 1.165) is 61.6 Å². The summed E-state index contributed by atoms with van der Waals surface area (Å²) in [4.78, 5) is 13.0. The first-order valence-electron chi connectivity index (χ1n) is 23.4. The van der Waals surface area contributed by atoms with Gasteiger partial charge < -0.3 is 0 Å². The van der Waals surface area contributed by atoms with Crippen LogP contribution in [0.3, 0.4) is 0 Å². The molecule has 0 saturated carbocycles. The van der Waals surface area contributed by atoms with Crippen LogP contribution >= 0.6 is 0 Å². The molecule has 0 aliphatic carbocycles. The number of rotatable bonds is 4. The second kappa shape index (κ2) is 20.5. The predicted octanol–water partition coefficient (Wildman–Crippen LogP) is 14.4. The molecule has 0 unspecified atom stereocenters. The highest BCUT2D eigenvalue weighted by Crippen LogP contribution is 2.25. The van der Waals surface area contributed by atoms with E-state index in [2.05, 4.69) is 40.9 Å². The van der Waals surface area contributed by atoms with Gasteiger partial charge in [0.05, 0.1) is 17.1 Å². The molecule has 8 aromatic rings. The van der Waals surface area contributed by atoms with Crippen LogP contribution in [0.4, 0.5) is 0 Å². The summed E-state index contributed by atoms with van der Waals surface area (Å²) in [6.07, 6.45) is 4.77. The van der Waals surface area contributed by atoms with Crippen molar-refractivity contribution >= 4 is 0 Å². The van der Waals surface area contributed by atoms with Crippen molar-refractivity contribution < 1.29 is 12.3 Å². The first-order valence-corrected chi connectivity index (χ1v) is 18.9. The highest BCUT2D eigenvalue weighted by atomic mass is 14.7. The van der Waals surface area contributed by atoms with Crippen molar-refractivity contribution in [3.05, 3.63) is 220 Å². The summed E-state index contributed by atoms with van der Waals surface area (Å²) in [6, 6.07) is 49.0. The van der Waals surface area contributed by atoms with Crippen molar-refractivity contribution in [3.8, 4) is 44.9 Å². The summed E-state index contributed by atoms with van der Waals surface area (Å²) in [5.41, 5.74) is 15.1. The topological polar surface area (TPSA) is 38.7 Å². The van der Waals surface area contributed by atoms with Crippen molar-refractivity contribution in [1.29, 1.82) is 0 Å². The second-order valence-corrected chi connectivity index (χ2v) is 13.8. The minimum Gasteiger partial charge on any atom is -0.256 e. The Kier molecular flexibility index (Phi) is 11.0. The summed E-state index contributed by atoms with van der Waals surface area (Å²) >= 11 is 0. The molecule has 0 aliphatic rings. The van der Waals surface area contributed by atoms with Gasteiger partial charge >= 0.3 is 0 Å². The van der Waals surface area contributed by atoms with E-state index >= 15 is 0 Å². The van der Waals surface area contributed by atoms with Gasteiger partial charge in [-0.05, 0) is 129 Å². The number of aryl methyl sites for hydroxylation is 6. The maximum Gasteiger partial charge on any atom is 0.0733 e. The van der Waals surface area contributed by atoms with Crippen molar-refractivity contribution in [1.82, 2.24) is 15.0 Å². The highest BCUT2D eigenvalue weighted by Gasteiger charge is 2.07. The lowest BCUT2D eigenvalue weighted by Crippen LogP contribution is -1.94. The largest absolute Gasteiger partial charge is 0.256 e. The Morgan fingerprint density at radius 2 is 0.842 bits per heavy atom. The molecule has 3 nitrogen and oxygen atoms in total. The number of pyridine rings is 3. The molecule has 286 valence electrons. The van der Waals surface area contributed by atoms with Gasteiger partial charge in [0.2, 0.25) is 0 Å². The van der Waals surface area contributed by atoms with E-state index in [1.807, 2.05) is 161 Å². The second-order valence-electron chi connectivity index (χ2n) is 13.8. The van der Waals surface area contributed by atoms with E-state index in [1.54, 1.807) is 12.1 Å². The van der Waals surface area contributed by atoms with Crippen molar-refractivity contribution in [2.45, 2.75) is 62.1 Å². The molecule has 0 spiro atoms. The Balaban J connectivity index is 0.000000166. The third-order valence-corrected chi connectivity index (χ3v) is 9.67. The van der Waals surface area contributed by atoms with E-state index in [0.29, 0.717) is 11.1 Å². The molecule has 3 heterocycles. The van der Waals surface area contributed by atoms with E-state index in [9.17, 15) is 0 Å². The first kappa shape index (κ1) is 30.7. The molecule has 0 saturated heterocycles. The highest BCUT2D eigenvalue weighted by molar-refractivity contribution is 5.66. The molecular weight excluding hydrogens is 691 g/mol. The fourth-order valence-electron chi connectivity index (χ4n) is 6.06. The van der Waals surface area contributed by atoms with Gasteiger partial charge in [-0.2, -0.15) is 0 Å². The zero-order chi connectivity index (χ0) is 48.2. The molecule has 0 radical (unpaired) electrons. The summed E-state index contributed by atoms with van der Waals surface area (Å²) in [7, 11) is 0. The predicted molar refractivity (Wildman–Crippen MR) is 244 cm³/mol. The maximum absolute atomic E-state index is 7.48. The molecule has 0 amide bonds. The third kappa shape index (κ3) is 11.5. The molecule has 0 bridgehead atoms. The van der Waals surface area contributed by atoms with Crippen LogP contribution < -0.4 is 0 Å². The SMILES string of the molecule is Cc1ccnc(-c2ccccc2)c1C.[2H]C([2H])([2H])c1ccc(-c2ccccc2)cc1C.[2H]C([2H])([2H])c1cnc(-c2ccccc2)c(C)c1.[2H]C([2H])([2H])c1cnc(-c2ccccc2)c(C)c1C. The smallest absolute Gasteiger partial charge is 0.0733 e. The zero-order valence-corrected chi connectivity index (χ0v) is 33.5. The fraction of sp³-hybridized carbons (Fsp3) is 0.167. The Hall–Kier alpha value is -6.45. The molecule has 57 heavy (non-hydrogen) atoms. The fourth-order valence-corrected chi connectivity index (χ4v) is 6.06. The van der Waals surface area contributed by atoms with E-state index in [1.165, 1.54) is 29.1 Å². The van der Waals surface area contributed by atoms with Crippen LogP contribution in [-0.4, -0.2) is 15.0 Å². The molecule has 0 atom stereocenters. The molecule has 0 N–H and O–H groups in total. The van der Waals surface area contributed by atoms with E-state index in [-0.39, 0.29) is 5.56 Å². The van der Waals surface area contributed by atoms with E-state index < -0.39 is 20.6 Å². The van der Waals surface area contributed by atoms with Gasteiger partial charge in [-0.1, -0.05) is 146 Å². The van der Waals surface area contributed by atoms with Crippen molar-refractivity contribution in [2.75, 3.05) is 0 Å². The Labute approximate surface area is 353 Å². The van der Waals surface area contributed by atoms with Crippen LogP contribution in [0, 0.1) is 62.1 Å². The number of benzene rings is 5. The van der Waals surface area contributed by atoms with Crippen LogP contribution in [0.15, 0.2) is 170 Å². The standard InChI is InChI=1S/C14H15N.C14H14.2C13H13N/c1-10-9-15-14(12(3)11(10)2)13-7-5-4-6-8-13;1-11-8-9-14(10-12(11)2)13-6-4-3-5-7-13;1-10-8-11(2)13(14-9-10)12-6-4-3-5-7-12;1-10-8-9-14-13(11(10)2)12-6-4-3-5-7-12/h4-9H,1-3H3;3-10H,1-2H3;2*3-9H,1-2H3/i3*1D3;. The lowest BCUT2D eigenvalue weighted by molar-refractivity contribution is 1.17. The molecule has 3 heteroatoms. The van der Waals surface area contributed by atoms with Gasteiger partial charge in [0.15, 0.2) is 0 Å². The van der Waals surface area contributed by atoms with Gasteiger partial charge in [-0.25, -0.2) is 0 Å². The lowest BCUT2D eigenvalue weighted by atomic mass is 10.0. The number of hydrogen-bond acceptors (Lipinski definition) is 3. The number of nitrogens with zero attached hydrogens (tertiary/aromatic N) is 3. The maximum atomic E-state index is 7.48. The molecule has 8 rings (SSSR count). The zero-order valence-electron chi connectivity index (χ0n) is 42.5. The van der Waals surface area contributed by atoms with Gasteiger partial charge in [-0.3, -0.25) is 15.0 Å². The lowest BCUT2D eigenvalue weighted by Gasteiger charge is -2.09. The monoisotopic (exact) mass is 754 g/mol.